The van der Waals surface area contributed by atoms with Crippen LogP contribution in [0.25, 0.3) is 0 Å². The second kappa shape index (κ2) is 7.36. The van der Waals surface area contributed by atoms with Gasteiger partial charge in [0, 0.05) is 31.5 Å². The lowest BCUT2D eigenvalue weighted by atomic mass is 9.86. The van der Waals surface area contributed by atoms with Crippen molar-refractivity contribution in [3.8, 4) is 5.75 Å². The standard InChI is InChI=1S/C15H24N2O2/c1-18-11-19-15-4-2-3-14(9-15)17-10-12-5-7-13(16)8-6-12/h2-4,9,12-13,17H,5-8,10-11,16H2,1H3/t12-,13-. The van der Waals surface area contributed by atoms with E-state index >= 15 is 0 Å². The van der Waals surface area contributed by atoms with Crippen LogP contribution in [0.3, 0.4) is 0 Å². The molecular formula is C15H24N2O2. The number of anilines is 1. The molecule has 1 fully saturated rings. The third kappa shape index (κ3) is 4.73. The fourth-order valence-corrected chi connectivity index (χ4v) is 2.48. The Bertz CT molecular complexity index is 376. The summed E-state index contributed by atoms with van der Waals surface area (Å²) < 4.78 is 10.3. The van der Waals surface area contributed by atoms with Crippen LogP contribution >= 0.6 is 0 Å². The van der Waals surface area contributed by atoms with Crippen LogP contribution in [0.15, 0.2) is 24.3 Å². The first-order valence-electron chi connectivity index (χ1n) is 6.99. The van der Waals surface area contributed by atoms with Crippen LogP contribution in [0, 0.1) is 5.92 Å². The van der Waals surface area contributed by atoms with Crippen molar-refractivity contribution in [2.75, 3.05) is 25.8 Å². The van der Waals surface area contributed by atoms with Gasteiger partial charge >= 0.3 is 0 Å². The number of hydrogen-bond donors (Lipinski definition) is 2. The molecule has 0 saturated heterocycles. The van der Waals surface area contributed by atoms with Gasteiger partial charge in [0.1, 0.15) is 5.75 Å². The molecule has 0 amide bonds. The summed E-state index contributed by atoms with van der Waals surface area (Å²) >= 11 is 0. The Morgan fingerprint density at radius 2 is 2.05 bits per heavy atom. The molecule has 106 valence electrons. The van der Waals surface area contributed by atoms with E-state index in [-0.39, 0.29) is 6.79 Å². The normalized spacial score (nSPS) is 23.1. The van der Waals surface area contributed by atoms with E-state index in [1.165, 1.54) is 12.8 Å². The lowest BCUT2D eigenvalue weighted by molar-refractivity contribution is 0.0512. The predicted molar refractivity (Wildman–Crippen MR) is 77.4 cm³/mol. The molecule has 19 heavy (non-hydrogen) atoms. The molecule has 1 aromatic rings. The van der Waals surface area contributed by atoms with Gasteiger partial charge in [-0.3, -0.25) is 0 Å². The molecular weight excluding hydrogens is 240 g/mol. The smallest absolute Gasteiger partial charge is 0.188 e. The van der Waals surface area contributed by atoms with E-state index in [0.717, 1.165) is 36.7 Å². The third-order valence-electron chi connectivity index (χ3n) is 3.66. The second-order valence-corrected chi connectivity index (χ2v) is 5.24. The van der Waals surface area contributed by atoms with E-state index in [1.807, 2.05) is 18.2 Å². The van der Waals surface area contributed by atoms with E-state index in [9.17, 15) is 0 Å². The Morgan fingerprint density at radius 3 is 2.79 bits per heavy atom. The summed E-state index contributed by atoms with van der Waals surface area (Å²) in [4.78, 5) is 0. The quantitative estimate of drug-likeness (QED) is 0.775. The minimum Gasteiger partial charge on any atom is -0.467 e. The van der Waals surface area contributed by atoms with Gasteiger partial charge in [-0.05, 0) is 43.7 Å². The average Bonchev–Trinajstić information content (AvgIpc) is 2.45. The number of benzene rings is 1. The van der Waals surface area contributed by atoms with Crippen LogP contribution in [0.2, 0.25) is 0 Å². The molecule has 1 aromatic carbocycles. The SMILES string of the molecule is COCOc1cccc(NC[C@H]2CC[C@H](N)CC2)c1. The van der Waals surface area contributed by atoms with Crippen molar-refractivity contribution in [3.05, 3.63) is 24.3 Å². The molecule has 0 radical (unpaired) electrons. The number of nitrogens with one attached hydrogen (secondary N) is 1. The molecule has 3 N–H and O–H groups in total. The van der Waals surface area contributed by atoms with Gasteiger partial charge in [-0.25, -0.2) is 0 Å². The van der Waals surface area contributed by atoms with Crippen molar-refractivity contribution in [1.29, 1.82) is 0 Å². The van der Waals surface area contributed by atoms with E-state index < -0.39 is 0 Å². The lowest BCUT2D eigenvalue weighted by Gasteiger charge is -2.26. The van der Waals surface area contributed by atoms with Crippen molar-refractivity contribution in [1.82, 2.24) is 0 Å². The molecule has 1 aliphatic rings. The van der Waals surface area contributed by atoms with Crippen LogP contribution < -0.4 is 15.8 Å². The molecule has 1 aliphatic carbocycles. The lowest BCUT2D eigenvalue weighted by Crippen LogP contribution is -2.29. The largest absolute Gasteiger partial charge is 0.467 e. The minimum atomic E-state index is 0.282. The fraction of sp³-hybridized carbons (Fsp3) is 0.600. The van der Waals surface area contributed by atoms with Gasteiger partial charge < -0.3 is 20.5 Å². The number of nitrogens with two attached hydrogens (primary N) is 1. The first kappa shape index (κ1) is 14.2. The Kier molecular flexibility index (Phi) is 5.48. The van der Waals surface area contributed by atoms with Crippen molar-refractivity contribution in [3.63, 3.8) is 0 Å². The van der Waals surface area contributed by atoms with Crippen LogP contribution in [0.5, 0.6) is 5.75 Å². The molecule has 0 aromatic heterocycles. The molecule has 0 atom stereocenters. The molecule has 0 bridgehead atoms. The second-order valence-electron chi connectivity index (χ2n) is 5.24. The van der Waals surface area contributed by atoms with Gasteiger partial charge in [0.05, 0.1) is 0 Å². The van der Waals surface area contributed by atoms with Gasteiger partial charge in [0.15, 0.2) is 6.79 Å². The van der Waals surface area contributed by atoms with Gasteiger partial charge in [-0.2, -0.15) is 0 Å². The number of rotatable bonds is 6. The minimum absolute atomic E-state index is 0.282. The van der Waals surface area contributed by atoms with Gasteiger partial charge in [-0.15, -0.1) is 0 Å². The first-order chi connectivity index (χ1) is 9.28. The molecule has 4 heteroatoms. The Morgan fingerprint density at radius 1 is 1.26 bits per heavy atom. The summed E-state index contributed by atoms with van der Waals surface area (Å²) in [6.07, 6.45) is 4.77. The highest BCUT2D eigenvalue weighted by Crippen LogP contribution is 2.24. The Labute approximate surface area is 115 Å². The zero-order chi connectivity index (χ0) is 13.5. The molecule has 4 nitrogen and oxygen atoms in total. The van der Waals surface area contributed by atoms with E-state index in [1.54, 1.807) is 7.11 Å². The van der Waals surface area contributed by atoms with Gasteiger partial charge in [-0.1, -0.05) is 6.07 Å². The maximum absolute atomic E-state index is 5.92. The zero-order valence-electron chi connectivity index (χ0n) is 11.6. The van der Waals surface area contributed by atoms with Crippen LogP contribution in [-0.4, -0.2) is 26.5 Å². The summed E-state index contributed by atoms with van der Waals surface area (Å²) in [6.45, 7) is 1.30. The molecule has 2 rings (SSSR count). The molecule has 1 saturated carbocycles. The van der Waals surface area contributed by atoms with E-state index in [4.69, 9.17) is 15.2 Å². The van der Waals surface area contributed by atoms with Crippen molar-refractivity contribution < 1.29 is 9.47 Å². The summed E-state index contributed by atoms with van der Waals surface area (Å²) in [5.74, 6) is 1.57. The van der Waals surface area contributed by atoms with Gasteiger partial charge in [0.25, 0.3) is 0 Å². The van der Waals surface area contributed by atoms with Crippen LogP contribution in [0.4, 0.5) is 5.69 Å². The first-order valence-corrected chi connectivity index (χ1v) is 6.99. The summed E-state index contributed by atoms with van der Waals surface area (Å²) in [5.41, 5.74) is 7.02. The van der Waals surface area contributed by atoms with Gasteiger partial charge in [0.2, 0.25) is 0 Å². The van der Waals surface area contributed by atoms with Crippen LogP contribution in [0.1, 0.15) is 25.7 Å². The Hall–Kier alpha value is -1.26. The molecule has 0 aliphatic heterocycles. The summed E-state index contributed by atoms with van der Waals surface area (Å²) in [7, 11) is 1.62. The Balaban J connectivity index is 1.78. The number of ether oxygens (including phenoxy) is 2. The van der Waals surface area contributed by atoms with Crippen molar-refractivity contribution >= 4 is 5.69 Å². The van der Waals surface area contributed by atoms with E-state index in [2.05, 4.69) is 11.4 Å². The van der Waals surface area contributed by atoms with Crippen LogP contribution in [-0.2, 0) is 4.74 Å². The van der Waals surface area contributed by atoms with E-state index in [0.29, 0.717) is 6.04 Å². The molecule has 0 unspecified atom stereocenters. The number of hydrogen-bond acceptors (Lipinski definition) is 4. The fourth-order valence-electron chi connectivity index (χ4n) is 2.48. The predicted octanol–water partition coefficient (Wildman–Crippen LogP) is 2.60. The average molecular weight is 264 g/mol. The third-order valence-corrected chi connectivity index (χ3v) is 3.66. The highest BCUT2D eigenvalue weighted by Gasteiger charge is 2.17. The topological polar surface area (TPSA) is 56.5 Å². The summed E-state index contributed by atoms with van der Waals surface area (Å²) in [6, 6.07) is 8.41. The molecule has 0 spiro atoms. The maximum atomic E-state index is 5.92. The summed E-state index contributed by atoms with van der Waals surface area (Å²) in [5, 5.41) is 3.48. The monoisotopic (exact) mass is 264 g/mol. The zero-order valence-corrected chi connectivity index (χ0v) is 11.6. The number of methoxy groups -OCH3 is 1. The van der Waals surface area contributed by atoms with Crippen molar-refractivity contribution in [2.45, 2.75) is 31.7 Å². The molecule has 0 heterocycles. The van der Waals surface area contributed by atoms with Crippen molar-refractivity contribution in [2.24, 2.45) is 11.7 Å². The highest BCUT2D eigenvalue weighted by molar-refractivity contribution is 5.48. The highest BCUT2D eigenvalue weighted by atomic mass is 16.7. The maximum Gasteiger partial charge on any atom is 0.188 e.